The van der Waals surface area contributed by atoms with Crippen molar-refractivity contribution in [1.29, 1.82) is 0 Å². The quantitative estimate of drug-likeness (QED) is 0.315. The van der Waals surface area contributed by atoms with Crippen molar-refractivity contribution in [2.75, 3.05) is 5.75 Å². The molecule has 1 atom stereocenters. The van der Waals surface area contributed by atoms with E-state index in [0.29, 0.717) is 11.3 Å². The van der Waals surface area contributed by atoms with Crippen LogP contribution >= 0.6 is 11.8 Å². The van der Waals surface area contributed by atoms with E-state index >= 15 is 0 Å². The summed E-state index contributed by atoms with van der Waals surface area (Å²) in [7, 11) is 0. The van der Waals surface area contributed by atoms with Crippen LogP contribution in [0.2, 0.25) is 0 Å². The Balaban J connectivity index is 3.31. The number of hydrogen-bond acceptors (Lipinski definition) is 3. The van der Waals surface area contributed by atoms with Gasteiger partial charge in [-0.15, -0.1) is 0 Å². The zero-order chi connectivity index (χ0) is 12.9. The number of hydrogen-bond donors (Lipinski definition) is 2. The Bertz CT molecular complexity index is 151. The molecular formula is C14H32N2S. The predicted octanol–water partition coefficient (Wildman–Crippen LogP) is 4.10. The number of unbranched alkanes of at least 4 members (excludes halogenated alkanes) is 6. The summed E-state index contributed by atoms with van der Waals surface area (Å²) < 4.78 is 0. The molecule has 0 saturated carbocycles. The molecule has 0 aromatic heterocycles. The Morgan fingerprint density at radius 2 is 1.59 bits per heavy atom. The van der Waals surface area contributed by atoms with Crippen LogP contribution in [0.5, 0.6) is 0 Å². The topological polar surface area (TPSA) is 38.0 Å². The summed E-state index contributed by atoms with van der Waals surface area (Å²) in [6.45, 7) is 6.75. The molecular weight excluding hydrogens is 228 g/mol. The Morgan fingerprint density at radius 1 is 1.00 bits per heavy atom. The van der Waals surface area contributed by atoms with Gasteiger partial charge in [0.15, 0.2) is 0 Å². The first-order valence-corrected chi connectivity index (χ1v) is 8.33. The fourth-order valence-electron chi connectivity index (χ4n) is 1.87. The van der Waals surface area contributed by atoms with E-state index in [1.807, 2.05) is 11.8 Å². The third-order valence-electron chi connectivity index (χ3n) is 3.02. The van der Waals surface area contributed by atoms with Crippen LogP contribution in [0.15, 0.2) is 0 Å². The van der Waals surface area contributed by atoms with Gasteiger partial charge in [-0.05, 0) is 11.7 Å². The lowest BCUT2D eigenvalue weighted by Crippen LogP contribution is -2.37. The highest BCUT2D eigenvalue weighted by Gasteiger charge is 2.07. The summed E-state index contributed by atoms with van der Waals surface area (Å²) in [5, 5.41) is 0.708. The molecule has 0 amide bonds. The first-order valence-electron chi connectivity index (χ1n) is 7.28. The van der Waals surface area contributed by atoms with E-state index in [1.165, 1.54) is 51.4 Å². The van der Waals surface area contributed by atoms with Crippen molar-refractivity contribution in [3.63, 3.8) is 0 Å². The zero-order valence-electron chi connectivity index (χ0n) is 12.0. The molecule has 3 heteroatoms. The number of nitrogens with two attached hydrogens (primary N) is 1. The highest BCUT2D eigenvalue weighted by molar-refractivity contribution is 7.99. The normalized spacial score (nSPS) is 13.2. The second-order valence-corrected chi connectivity index (χ2v) is 6.77. The van der Waals surface area contributed by atoms with Gasteiger partial charge in [0, 0.05) is 11.8 Å². The van der Waals surface area contributed by atoms with Crippen molar-refractivity contribution in [2.45, 2.75) is 83.4 Å². The van der Waals surface area contributed by atoms with Gasteiger partial charge >= 0.3 is 0 Å². The second-order valence-electron chi connectivity index (χ2n) is 5.16. The predicted molar refractivity (Wildman–Crippen MR) is 81.3 cm³/mol. The maximum atomic E-state index is 5.58. The number of rotatable bonds is 12. The van der Waals surface area contributed by atoms with E-state index in [0.717, 1.165) is 5.75 Å². The Hall–Kier alpha value is 0.270. The molecule has 0 aliphatic carbocycles. The van der Waals surface area contributed by atoms with Crippen molar-refractivity contribution in [1.82, 2.24) is 5.43 Å². The molecule has 0 radical (unpaired) electrons. The standard InChI is InChI=1S/C14H32N2S/c1-4-5-6-7-8-9-10-11-14(16-15)12-17-13(2)3/h13-14,16H,4-12,15H2,1-3H3. The van der Waals surface area contributed by atoms with Crippen LogP contribution < -0.4 is 11.3 Å². The van der Waals surface area contributed by atoms with Gasteiger partial charge in [-0.1, -0.05) is 65.7 Å². The van der Waals surface area contributed by atoms with Crippen molar-refractivity contribution >= 4 is 11.8 Å². The SMILES string of the molecule is CCCCCCCCCC(CSC(C)C)NN. The molecule has 0 bridgehead atoms. The minimum Gasteiger partial charge on any atom is -0.271 e. The highest BCUT2D eigenvalue weighted by atomic mass is 32.2. The summed E-state index contributed by atoms with van der Waals surface area (Å²) in [6.07, 6.45) is 10.9. The fraction of sp³-hybridized carbons (Fsp3) is 1.00. The third-order valence-corrected chi connectivity index (χ3v) is 4.28. The summed E-state index contributed by atoms with van der Waals surface area (Å²) in [6, 6.07) is 0.498. The van der Waals surface area contributed by atoms with Crippen LogP contribution in [0.1, 0.15) is 72.1 Å². The van der Waals surface area contributed by atoms with E-state index in [1.54, 1.807) is 0 Å². The van der Waals surface area contributed by atoms with Crippen LogP contribution in [-0.2, 0) is 0 Å². The van der Waals surface area contributed by atoms with Crippen molar-refractivity contribution in [3.05, 3.63) is 0 Å². The monoisotopic (exact) mass is 260 g/mol. The smallest absolute Gasteiger partial charge is 0.0301 e. The van der Waals surface area contributed by atoms with Crippen molar-refractivity contribution in [3.8, 4) is 0 Å². The number of nitrogens with one attached hydrogen (secondary N) is 1. The van der Waals surface area contributed by atoms with E-state index in [9.17, 15) is 0 Å². The molecule has 0 aromatic carbocycles. The molecule has 17 heavy (non-hydrogen) atoms. The molecule has 3 N–H and O–H groups in total. The van der Waals surface area contributed by atoms with Gasteiger partial charge in [0.25, 0.3) is 0 Å². The maximum Gasteiger partial charge on any atom is 0.0301 e. The van der Waals surface area contributed by atoms with Gasteiger partial charge in [-0.3, -0.25) is 11.3 Å². The fourth-order valence-corrected chi connectivity index (χ4v) is 2.75. The van der Waals surface area contributed by atoms with E-state index in [4.69, 9.17) is 5.84 Å². The van der Waals surface area contributed by atoms with Crippen molar-refractivity contribution < 1.29 is 0 Å². The average Bonchev–Trinajstić information content (AvgIpc) is 2.31. The van der Waals surface area contributed by atoms with Crippen LogP contribution in [0.4, 0.5) is 0 Å². The summed E-state index contributed by atoms with van der Waals surface area (Å²) >= 11 is 2.00. The molecule has 0 spiro atoms. The van der Waals surface area contributed by atoms with E-state index < -0.39 is 0 Å². The number of thioether (sulfide) groups is 1. The van der Waals surface area contributed by atoms with Gasteiger partial charge in [0.1, 0.15) is 0 Å². The van der Waals surface area contributed by atoms with Crippen LogP contribution in [-0.4, -0.2) is 17.0 Å². The molecule has 0 aromatic rings. The molecule has 0 aliphatic heterocycles. The second kappa shape index (κ2) is 12.7. The summed E-state index contributed by atoms with van der Waals surface area (Å²) in [5.74, 6) is 6.72. The first-order chi connectivity index (χ1) is 8.20. The van der Waals surface area contributed by atoms with Gasteiger partial charge in [-0.25, -0.2) is 0 Å². The van der Waals surface area contributed by atoms with Gasteiger partial charge in [0.05, 0.1) is 0 Å². The lowest BCUT2D eigenvalue weighted by Gasteiger charge is -2.16. The lowest BCUT2D eigenvalue weighted by atomic mass is 10.1. The van der Waals surface area contributed by atoms with Gasteiger partial charge < -0.3 is 0 Å². The molecule has 0 rings (SSSR count). The first kappa shape index (κ1) is 17.3. The molecule has 0 saturated heterocycles. The molecule has 1 unspecified atom stereocenters. The van der Waals surface area contributed by atoms with Crippen molar-refractivity contribution in [2.24, 2.45) is 5.84 Å². The maximum absolute atomic E-state index is 5.58. The van der Waals surface area contributed by atoms with Crippen LogP contribution in [0.25, 0.3) is 0 Å². The number of hydrazine groups is 1. The molecule has 0 fully saturated rings. The summed E-state index contributed by atoms with van der Waals surface area (Å²) in [4.78, 5) is 0. The minimum absolute atomic E-state index is 0.498. The Morgan fingerprint density at radius 3 is 2.12 bits per heavy atom. The third kappa shape index (κ3) is 12.5. The molecule has 0 aliphatic rings. The molecule has 0 heterocycles. The van der Waals surface area contributed by atoms with E-state index in [-0.39, 0.29) is 0 Å². The van der Waals surface area contributed by atoms with Gasteiger partial charge in [-0.2, -0.15) is 11.8 Å². The average molecular weight is 260 g/mol. The highest BCUT2D eigenvalue weighted by Crippen LogP contribution is 2.15. The zero-order valence-corrected chi connectivity index (χ0v) is 12.8. The molecule has 104 valence electrons. The Labute approximate surface area is 112 Å². The van der Waals surface area contributed by atoms with E-state index in [2.05, 4.69) is 26.2 Å². The largest absolute Gasteiger partial charge is 0.271 e. The Kier molecular flexibility index (Phi) is 12.9. The molecule has 2 nitrogen and oxygen atoms in total. The van der Waals surface area contributed by atoms with Crippen LogP contribution in [0, 0.1) is 0 Å². The minimum atomic E-state index is 0.498. The summed E-state index contributed by atoms with van der Waals surface area (Å²) in [5.41, 5.74) is 2.95. The van der Waals surface area contributed by atoms with Crippen LogP contribution in [0.3, 0.4) is 0 Å². The van der Waals surface area contributed by atoms with Gasteiger partial charge in [0.2, 0.25) is 0 Å². The lowest BCUT2D eigenvalue weighted by molar-refractivity contribution is 0.492.